The minimum atomic E-state index is -2.45. The maximum atomic E-state index is 12.6. The van der Waals surface area contributed by atoms with Gasteiger partial charge in [-0.3, -0.25) is 4.79 Å². The van der Waals surface area contributed by atoms with Crippen LogP contribution in [0.3, 0.4) is 0 Å². The minimum Gasteiger partial charge on any atom is -1.00 e. The molecular weight excluding hydrogens is 444 g/mol. The molecule has 0 aromatic rings. The van der Waals surface area contributed by atoms with E-state index in [0.29, 0.717) is 32.1 Å². The molecule has 1 amide bonds. The highest BCUT2D eigenvalue weighted by Gasteiger charge is 2.32. The standard InChI is InChI=1S/C24H52N2O4Si.ClH/c1-3-4-5-6-7-8-9-10-11-12-13-14-15-17-24(29)26(20-18-25)19-16-21-31(22-27,23-28)30-2;/h27-28H,3-23,25H2,1-2H3;1H. The number of nitrogens with zero attached hydrogens (tertiary/aromatic N) is 1. The summed E-state index contributed by atoms with van der Waals surface area (Å²) in [6.45, 7) is 4.31. The highest BCUT2D eigenvalue weighted by atomic mass is 35.5. The molecule has 0 bridgehead atoms. The lowest BCUT2D eigenvalue weighted by atomic mass is 10.0. The SMILES string of the molecule is CCCCCCCCCCCCCCCC(=O)N(CC[NH3+])CCC[Si](CO)(CO)OC.[Cl-]. The van der Waals surface area contributed by atoms with Crippen LogP contribution in [0.15, 0.2) is 0 Å². The third kappa shape index (κ3) is 17.3. The first-order valence-corrected chi connectivity index (χ1v) is 15.5. The van der Waals surface area contributed by atoms with Gasteiger partial charge in [0.25, 0.3) is 0 Å². The van der Waals surface area contributed by atoms with E-state index in [9.17, 15) is 15.0 Å². The molecule has 194 valence electrons. The van der Waals surface area contributed by atoms with Crippen LogP contribution in [0.1, 0.15) is 103 Å². The first-order valence-electron chi connectivity index (χ1n) is 12.9. The van der Waals surface area contributed by atoms with E-state index in [2.05, 4.69) is 12.7 Å². The van der Waals surface area contributed by atoms with Crippen LogP contribution in [0.2, 0.25) is 6.04 Å². The highest BCUT2D eigenvalue weighted by molar-refractivity contribution is 6.73. The second-order valence-corrected chi connectivity index (χ2v) is 12.9. The van der Waals surface area contributed by atoms with Crippen LogP contribution in [0.4, 0.5) is 0 Å². The van der Waals surface area contributed by atoms with Crippen LogP contribution < -0.4 is 18.1 Å². The zero-order valence-electron chi connectivity index (χ0n) is 21.1. The lowest BCUT2D eigenvalue weighted by Gasteiger charge is -2.27. The van der Waals surface area contributed by atoms with E-state index < -0.39 is 8.32 Å². The molecule has 0 fully saturated rings. The van der Waals surface area contributed by atoms with Crippen molar-refractivity contribution >= 4 is 14.2 Å². The fourth-order valence-corrected chi connectivity index (χ4v) is 5.72. The molecule has 0 aromatic heterocycles. The van der Waals surface area contributed by atoms with Crippen molar-refractivity contribution in [3.8, 4) is 0 Å². The van der Waals surface area contributed by atoms with Gasteiger partial charge in [-0.25, -0.2) is 0 Å². The van der Waals surface area contributed by atoms with Crippen molar-refractivity contribution in [3.63, 3.8) is 0 Å². The van der Waals surface area contributed by atoms with E-state index in [1.54, 1.807) is 7.11 Å². The lowest BCUT2D eigenvalue weighted by molar-refractivity contribution is -0.368. The Hall–Kier alpha value is -0.183. The number of carbonyl (C=O) groups excluding carboxylic acids is 1. The Morgan fingerprint density at radius 2 is 1.28 bits per heavy atom. The number of hydrogen-bond donors (Lipinski definition) is 3. The van der Waals surface area contributed by atoms with E-state index in [1.165, 1.54) is 70.6 Å². The van der Waals surface area contributed by atoms with Gasteiger partial charge in [-0.2, -0.15) is 0 Å². The van der Waals surface area contributed by atoms with Crippen LogP contribution in [0.5, 0.6) is 0 Å². The monoisotopic (exact) mass is 496 g/mol. The second-order valence-electron chi connectivity index (χ2n) is 9.03. The first-order chi connectivity index (χ1) is 15.1. The predicted molar refractivity (Wildman–Crippen MR) is 131 cm³/mol. The molecule has 0 rings (SSSR count). The van der Waals surface area contributed by atoms with Crippen LogP contribution in [-0.2, 0) is 9.22 Å². The summed E-state index contributed by atoms with van der Waals surface area (Å²) in [5.74, 6) is 0.212. The molecule has 6 nitrogen and oxygen atoms in total. The molecule has 0 aliphatic rings. The topological polar surface area (TPSA) is 97.6 Å². The quantitative estimate of drug-likeness (QED) is 0.142. The van der Waals surface area contributed by atoms with Crippen LogP contribution in [0.25, 0.3) is 0 Å². The number of unbranched alkanes of at least 4 members (excludes halogenated alkanes) is 12. The average molecular weight is 497 g/mol. The van der Waals surface area contributed by atoms with Crippen molar-refractivity contribution in [1.82, 2.24) is 4.90 Å². The van der Waals surface area contributed by atoms with Gasteiger partial charge in [0.15, 0.2) is 0 Å². The van der Waals surface area contributed by atoms with E-state index in [-0.39, 0.29) is 30.8 Å². The number of hydrogen-bond acceptors (Lipinski definition) is 4. The van der Waals surface area contributed by atoms with E-state index >= 15 is 0 Å². The van der Waals surface area contributed by atoms with Crippen molar-refractivity contribution in [2.45, 2.75) is 109 Å². The van der Waals surface area contributed by atoms with Crippen molar-refractivity contribution in [3.05, 3.63) is 0 Å². The molecule has 8 heteroatoms. The maximum Gasteiger partial charge on any atom is 0.242 e. The van der Waals surface area contributed by atoms with Gasteiger partial charge in [0.1, 0.15) is 0 Å². The Bertz CT molecular complexity index is 407. The molecule has 0 heterocycles. The Morgan fingerprint density at radius 1 is 0.812 bits per heavy atom. The summed E-state index contributed by atoms with van der Waals surface area (Å²) in [5.41, 5.74) is 3.89. The third-order valence-electron chi connectivity index (χ3n) is 6.34. The summed E-state index contributed by atoms with van der Waals surface area (Å²) < 4.78 is 5.41. The lowest BCUT2D eigenvalue weighted by Crippen LogP contribution is -3.00. The Labute approximate surface area is 205 Å². The molecule has 0 radical (unpaired) electrons. The summed E-state index contributed by atoms with van der Waals surface area (Å²) in [6, 6.07) is 0.663. The minimum absolute atomic E-state index is 0. The van der Waals surface area contributed by atoms with Gasteiger partial charge in [0.05, 0.1) is 25.5 Å². The third-order valence-corrected chi connectivity index (χ3v) is 9.63. The number of rotatable bonds is 23. The first kappa shape index (κ1) is 34.0. The zero-order valence-corrected chi connectivity index (χ0v) is 22.8. The van der Waals surface area contributed by atoms with E-state index in [1.807, 2.05) is 4.90 Å². The molecule has 32 heavy (non-hydrogen) atoms. The summed E-state index contributed by atoms with van der Waals surface area (Å²) in [4.78, 5) is 14.5. The van der Waals surface area contributed by atoms with Gasteiger partial charge in [-0.05, 0) is 18.9 Å². The van der Waals surface area contributed by atoms with Gasteiger partial charge in [-0.15, -0.1) is 0 Å². The molecule has 0 aliphatic heterocycles. The number of aliphatic hydroxyl groups is 2. The van der Waals surface area contributed by atoms with Gasteiger partial charge in [0.2, 0.25) is 14.2 Å². The van der Waals surface area contributed by atoms with Crippen molar-refractivity contribution in [2.24, 2.45) is 0 Å². The Kier molecular flexibility index (Phi) is 25.4. The molecule has 0 aromatic carbocycles. The van der Waals surface area contributed by atoms with E-state index in [4.69, 9.17) is 4.43 Å². The number of halogens is 1. The van der Waals surface area contributed by atoms with Crippen molar-refractivity contribution in [2.75, 3.05) is 39.2 Å². The molecule has 0 aliphatic carbocycles. The number of quaternary nitrogens is 1. The van der Waals surface area contributed by atoms with Crippen molar-refractivity contribution in [1.29, 1.82) is 0 Å². The van der Waals surface area contributed by atoms with Crippen molar-refractivity contribution < 1.29 is 37.6 Å². The summed E-state index contributed by atoms with van der Waals surface area (Å²) in [6.07, 6.45) is 18.2. The molecule has 0 unspecified atom stereocenters. The van der Waals surface area contributed by atoms with Gasteiger partial charge in [-0.1, -0.05) is 84.0 Å². The fraction of sp³-hybridized carbons (Fsp3) is 0.958. The maximum absolute atomic E-state index is 12.6. The number of amides is 1. The molecular formula is C24H53ClN2O4Si. The summed E-state index contributed by atoms with van der Waals surface area (Å²) in [7, 11) is -0.883. The largest absolute Gasteiger partial charge is 1.00 e. The molecule has 0 atom stereocenters. The molecule has 0 saturated carbocycles. The van der Waals surface area contributed by atoms with Crippen LogP contribution in [0, 0.1) is 0 Å². The normalized spacial score (nSPS) is 11.4. The van der Waals surface area contributed by atoms with Crippen LogP contribution >= 0.6 is 0 Å². The summed E-state index contributed by atoms with van der Waals surface area (Å²) >= 11 is 0. The smallest absolute Gasteiger partial charge is 0.242 e. The summed E-state index contributed by atoms with van der Waals surface area (Å²) in [5, 5.41) is 19.1. The number of carbonyl (C=O) groups is 1. The van der Waals surface area contributed by atoms with Gasteiger partial charge < -0.3 is 37.7 Å². The highest BCUT2D eigenvalue weighted by Crippen LogP contribution is 2.15. The van der Waals surface area contributed by atoms with Crippen LogP contribution in [-0.4, -0.2) is 68.5 Å². The Balaban J connectivity index is 0. The Morgan fingerprint density at radius 3 is 1.69 bits per heavy atom. The zero-order chi connectivity index (χ0) is 23.2. The van der Waals surface area contributed by atoms with E-state index in [0.717, 1.165) is 19.3 Å². The average Bonchev–Trinajstić information content (AvgIpc) is 2.79. The molecule has 0 spiro atoms. The van der Waals surface area contributed by atoms with Gasteiger partial charge in [0, 0.05) is 20.1 Å². The molecule has 5 N–H and O–H groups in total. The fourth-order valence-electron chi connectivity index (χ4n) is 4.04. The van der Waals surface area contributed by atoms with Gasteiger partial charge >= 0.3 is 0 Å². The number of aliphatic hydroxyl groups excluding tert-OH is 2. The second kappa shape index (κ2) is 24.0. The molecule has 0 saturated heterocycles. The predicted octanol–water partition coefficient (Wildman–Crippen LogP) is 0.587.